The van der Waals surface area contributed by atoms with Crippen molar-refractivity contribution in [1.82, 2.24) is 9.78 Å². The SMILES string of the molecule is CCCc1cc(-c2ccc(Cl)cc2)nn1C. The summed E-state index contributed by atoms with van der Waals surface area (Å²) in [5, 5.41) is 5.26. The Labute approximate surface area is 101 Å². The standard InChI is InChI=1S/C13H15ClN2/c1-3-4-12-9-13(15-16(12)2)10-5-7-11(14)8-6-10/h5-9H,3-4H2,1-2H3. The highest BCUT2D eigenvalue weighted by Crippen LogP contribution is 2.21. The lowest BCUT2D eigenvalue weighted by Gasteiger charge is -1.96. The molecular weight excluding hydrogens is 220 g/mol. The maximum Gasteiger partial charge on any atom is 0.0925 e. The lowest BCUT2D eigenvalue weighted by atomic mass is 10.1. The molecule has 16 heavy (non-hydrogen) atoms. The molecule has 0 radical (unpaired) electrons. The number of aromatic nitrogens is 2. The molecule has 0 saturated heterocycles. The first-order valence-electron chi connectivity index (χ1n) is 5.49. The summed E-state index contributed by atoms with van der Waals surface area (Å²) in [6, 6.07) is 9.93. The normalized spacial score (nSPS) is 10.7. The van der Waals surface area contributed by atoms with E-state index >= 15 is 0 Å². The van der Waals surface area contributed by atoms with E-state index < -0.39 is 0 Å². The smallest absolute Gasteiger partial charge is 0.0925 e. The van der Waals surface area contributed by atoms with Gasteiger partial charge in [-0.1, -0.05) is 37.1 Å². The van der Waals surface area contributed by atoms with Crippen LogP contribution in [0.25, 0.3) is 11.3 Å². The predicted octanol–water partition coefficient (Wildman–Crippen LogP) is 3.69. The fraction of sp³-hybridized carbons (Fsp3) is 0.308. The second-order valence-electron chi connectivity index (χ2n) is 3.90. The van der Waals surface area contributed by atoms with Gasteiger partial charge in [0.1, 0.15) is 0 Å². The van der Waals surface area contributed by atoms with Gasteiger partial charge in [0, 0.05) is 23.3 Å². The van der Waals surface area contributed by atoms with Crippen LogP contribution in [-0.4, -0.2) is 9.78 Å². The van der Waals surface area contributed by atoms with Crippen LogP contribution in [-0.2, 0) is 13.5 Å². The first-order valence-corrected chi connectivity index (χ1v) is 5.87. The summed E-state index contributed by atoms with van der Waals surface area (Å²) in [6.45, 7) is 2.18. The molecular formula is C13H15ClN2. The number of halogens is 1. The Kier molecular flexibility index (Phi) is 3.30. The van der Waals surface area contributed by atoms with Gasteiger partial charge in [0.15, 0.2) is 0 Å². The fourth-order valence-electron chi connectivity index (χ4n) is 1.76. The van der Waals surface area contributed by atoms with Gasteiger partial charge < -0.3 is 0 Å². The molecule has 0 unspecified atom stereocenters. The molecule has 1 aromatic carbocycles. The van der Waals surface area contributed by atoms with Crippen molar-refractivity contribution < 1.29 is 0 Å². The van der Waals surface area contributed by atoms with E-state index in [0.29, 0.717) is 0 Å². The molecule has 0 N–H and O–H groups in total. The molecule has 0 saturated carbocycles. The highest BCUT2D eigenvalue weighted by Gasteiger charge is 2.06. The summed E-state index contributed by atoms with van der Waals surface area (Å²) in [7, 11) is 1.99. The van der Waals surface area contributed by atoms with E-state index in [0.717, 1.165) is 29.1 Å². The number of hydrogen-bond acceptors (Lipinski definition) is 1. The number of nitrogens with zero attached hydrogens (tertiary/aromatic N) is 2. The molecule has 1 heterocycles. The number of rotatable bonds is 3. The summed E-state index contributed by atoms with van der Waals surface area (Å²) in [5.74, 6) is 0. The van der Waals surface area contributed by atoms with Gasteiger partial charge in [-0.3, -0.25) is 4.68 Å². The number of hydrogen-bond donors (Lipinski definition) is 0. The van der Waals surface area contributed by atoms with E-state index in [-0.39, 0.29) is 0 Å². The molecule has 0 fully saturated rings. The fourth-order valence-corrected chi connectivity index (χ4v) is 1.88. The van der Waals surface area contributed by atoms with Crippen molar-refractivity contribution in [3.63, 3.8) is 0 Å². The van der Waals surface area contributed by atoms with Crippen LogP contribution in [0.3, 0.4) is 0 Å². The number of benzene rings is 1. The maximum atomic E-state index is 5.86. The van der Waals surface area contributed by atoms with Crippen LogP contribution in [0, 0.1) is 0 Å². The van der Waals surface area contributed by atoms with E-state index in [1.165, 1.54) is 5.69 Å². The largest absolute Gasteiger partial charge is 0.272 e. The monoisotopic (exact) mass is 234 g/mol. The van der Waals surface area contributed by atoms with Gasteiger partial charge >= 0.3 is 0 Å². The van der Waals surface area contributed by atoms with Crippen LogP contribution in [0.2, 0.25) is 5.02 Å². The number of aryl methyl sites for hydroxylation is 2. The predicted molar refractivity (Wildman–Crippen MR) is 67.6 cm³/mol. The van der Waals surface area contributed by atoms with E-state index in [1.54, 1.807) is 0 Å². The summed E-state index contributed by atoms with van der Waals surface area (Å²) >= 11 is 5.86. The van der Waals surface area contributed by atoms with Crippen molar-refractivity contribution >= 4 is 11.6 Å². The highest BCUT2D eigenvalue weighted by molar-refractivity contribution is 6.30. The quantitative estimate of drug-likeness (QED) is 0.792. The van der Waals surface area contributed by atoms with Crippen molar-refractivity contribution in [3.8, 4) is 11.3 Å². The second-order valence-corrected chi connectivity index (χ2v) is 4.34. The van der Waals surface area contributed by atoms with Gasteiger partial charge in [-0.05, 0) is 24.6 Å². The summed E-state index contributed by atoms with van der Waals surface area (Å²) in [5.41, 5.74) is 3.40. The Hall–Kier alpha value is -1.28. The third-order valence-corrected chi connectivity index (χ3v) is 2.87. The second kappa shape index (κ2) is 4.71. The van der Waals surface area contributed by atoms with Crippen LogP contribution in [0.5, 0.6) is 0 Å². The Morgan fingerprint density at radius 2 is 1.94 bits per heavy atom. The molecule has 0 spiro atoms. The zero-order chi connectivity index (χ0) is 11.5. The molecule has 0 bridgehead atoms. The average molecular weight is 235 g/mol. The van der Waals surface area contributed by atoms with Gasteiger partial charge in [0.2, 0.25) is 0 Å². The molecule has 3 heteroatoms. The van der Waals surface area contributed by atoms with Gasteiger partial charge in [0.25, 0.3) is 0 Å². The van der Waals surface area contributed by atoms with Crippen molar-refractivity contribution in [2.45, 2.75) is 19.8 Å². The topological polar surface area (TPSA) is 17.8 Å². The van der Waals surface area contributed by atoms with Crippen molar-refractivity contribution in [2.75, 3.05) is 0 Å². The lowest BCUT2D eigenvalue weighted by Crippen LogP contribution is -1.96. The molecule has 0 aliphatic heterocycles. The van der Waals surface area contributed by atoms with Crippen LogP contribution >= 0.6 is 11.6 Å². The van der Waals surface area contributed by atoms with Crippen molar-refractivity contribution in [3.05, 3.63) is 41.0 Å². The minimum atomic E-state index is 0.758. The van der Waals surface area contributed by atoms with Crippen LogP contribution in [0.15, 0.2) is 30.3 Å². The van der Waals surface area contributed by atoms with Crippen LogP contribution < -0.4 is 0 Å². The Balaban J connectivity index is 2.33. The third kappa shape index (κ3) is 2.27. The van der Waals surface area contributed by atoms with E-state index in [9.17, 15) is 0 Å². The van der Waals surface area contributed by atoms with E-state index in [2.05, 4.69) is 18.1 Å². The zero-order valence-electron chi connectivity index (χ0n) is 9.57. The summed E-state index contributed by atoms with van der Waals surface area (Å²) in [4.78, 5) is 0. The molecule has 0 atom stereocenters. The summed E-state index contributed by atoms with van der Waals surface area (Å²) in [6.07, 6.45) is 2.21. The van der Waals surface area contributed by atoms with Crippen LogP contribution in [0.1, 0.15) is 19.0 Å². The first kappa shape index (κ1) is 11.2. The molecule has 0 aliphatic rings. The van der Waals surface area contributed by atoms with Crippen molar-refractivity contribution in [2.24, 2.45) is 7.05 Å². The molecule has 0 amide bonds. The third-order valence-electron chi connectivity index (χ3n) is 2.62. The Bertz CT molecular complexity index is 471. The molecule has 84 valence electrons. The molecule has 1 aromatic heterocycles. The van der Waals surface area contributed by atoms with Gasteiger partial charge in [0.05, 0.1) is 5.69 Å². The summed E-state index contributed by atoms with van der Waals surface area (Å²) < 4.78 is 1.95. The minimum absolute atomic E-state index is 0.758. The minimum Gasteiger partial charge on any atom is -0.272 e. The molecule has 2 nitrogen and oxygen atoms in total. The highest BCUT2D eigenvalue weighted by atomic mass is 35.5. The molecule has 2 rings (SSSR count). The van der Waals surface area contributed by atoms with E-state index in [4.69, 9.17) is 11.6 Å². The van der Waals surface area contributed by atoms with Gasteiger partial charge in [-0.15, -0.1) is 0 Å². The zero-order valence-corrected chi connectivity index (χ0v) is 10.3. The molecule has 2 aromatic rings. The average Bonchev–Trinajstić information content (AvgIpc) is 2.62. The first-order chi connectivity index (χ1) is 7.70. The Morgan fingerprint density at radius 1 is 1.25 bits per heavy atom. The van der Waals surface area contributed by atoms with E-state index in [1.807, 2.05) is 36.0 Å². The van der Waals surface area contributed by atoms with Crippen molar-refractivity contribution in [1.29, 1.82) is 0 Å². The Morgan fingerprint density at radius 3 is 2.56 bits per heavy atom. The maximum absolute atomic E-state index is 5.86. The molecule has 0 aliphatic carbocycles. The van der Waals surface area contributed by atoms with Crippen LogP contribution in [0.4, 0.5) is 0 Å². The lowest BCUT2D eigenvalue weighted by molar-refractivity contribution is 0.699. The van der Waals surface area contributed by atoms with Gasteiger partial charge in [-0.25, -0.2) is 0 Å². The van der Waals surface area contributed by atoms with Gasteiger partial charge in [-0.2, -0.15) is 5.10 Å².